The SMILES string of the molecule is COC1CN(C(=S)Nc2ccccc2)CCC1C. The maximum Gasteiger partial charge on any atom is 0.173 e. The number of hydrogen-bond donors (Lipinski definition) is 1. The van der Waals surface area contributed by atoms with Crippen LogP contribution in [0.4, 0.5) is 5.69 Å². The van der Waals surface area contributed by atoms with Gasteiger partial charge < -0.3 is 15.0 Å². The van der Waals surface area contributed by atoms with E-state index < -0.39 is 0 Å². The van der Waals surface area contributed by atoms with Crippen molar-refractivity contribution in [2.45, 2.75) is 19.4 Å². The number of hydrogen-bond acceptors (Lipinski definition) is 2. The van der Waals surface area contributed by atoms with Gasteiger partial charge in [-0.3, -0.25) is 0 Å². The number of anilines is 1. The smallest absolute Gasteiger partial charge is 0.173 e. The third kappa shape index (κ3) is 3.21. The highest BCUT2D eigenvalue weighted by Gasteiger charge is 2.27. The summed E-state index contributed by atoms with van der Waals surface area (Å²) in [5.41, 5.74) is 1.04. The van der Waals surface area contributed by atoms with Crippen molar-refractivity contribution in [3.05, 3.63) is 30.3 Å². The average Bonchev–Trinajstić information content (AvgIpc) is 2.40. The Kier molecular flexibility index (Phi) is 4.55. The van der Waals surface area contributed by atoms with E-state index in [1.165, 1.54) is 0 Å². The monoisotopic (exact) mass is 264 g/mol. The van der Waals surface area contributed by atoms with Gasteiger partial charge in [0.1, 0.15) is 0 Å². The molecule has 0 spiro atoms. The molecule has 0 aromatic heterocycles. The van der Waals surface area contributed by atoms with Crippen molar-refractivity contribution in [3.63, 3.8) is 0 Å². The van der Waals surface area contributed by atoms with Crippen LogP contribution >= 0.6 is 12.2 Å². The number of para-hydroxylation sites is 1. The zero-order valence-corrected chi connectivity index (χ0v) is 11.7. The summed E-state index contributed by atoms with van der Waals surface area (Å²) in [6.45, 7) is 4.11. The Bertz CT molecular complexity index is 396. The van der Waals surface area contributed by atoms with Crippen LogP contribution in [0, 0.1) is 5.92 Å². The van der Waals surface area contributed by atoms with Gasteiger partial charge in [0, 0.05) is 25.9 Å². The summed E-state index contributed by atoms with van der Waals surface area (Å²) in [5.74, 6) is 0.603. The zero-order valence-electron chi connectivity index (χ0n) is 10.9. The largest absolute Gasteiger partial charge is 0.379 e. The lowest BCUT2D eigenvalue weighted by atomic mass is 9.96. The van der Waals surface area contributed by atoms with Gasteiger partial charge in [-0.05, 0) is 36.7 Å². The van der Waals surface area contributed by atoms with E-state index in [-0.39, 0.29) is 6.10 Å². The Morgan fingerprint density at radius 1 is 1.39 bits per heavy atom. The molecule has 0 saturated carbocycles. The van der Waals surface area contributed by atoms with Crippen LogP contribution in [0.2, 0.25) is 0 Å². The molecule has 18 heavy (non-hydrogen) atoms. The van der Waals surface area contributed by atoms with Crippen LogP contribution in [0.3, 0.4) is 0 Å². The van der Waals surface area contributed by atoms with Gasteiger partial charge in [0.25, 0.3) is 0 Å². The van der Waals surface area contributed by atoms with Crippen molar-refractivity contribution in [1.29, 1.82) is 0 Å². The predicted molar refractivity (Wildman–Crippen MR) is 78.8 cm³/mol. The summed E-state index contributed by atoms with van der Waals surface area (Å²) < 4.78 is 5.50. The Balaban J connectivity index is 1.93. The van der Waals surface area contributed by atoms with E-state index in [1.807, 2.05) is 30.3 Å². The van der Waals surface area contributed by atoms with E-state index in [0.29, 0.717) is 5.92 Å². The molecule has 0 bridgehead atoms. The van der Waals surface area contributed by atoms with Crippen molar-refractivity contribution in [1.82, 2.24) is 4.90 Å². The summed E-state index contributed by atoms with van der Waals surface area (Å²) in [7, 11) is 1.78. The molecule has 0 radical (unpaired) electrons. The standard InChI is InChI=1S/C14H20N2OS/c1-11-8-9-16(10-13(11)17-2)14(18)15-12-6-4-3-5-7-12/h3-7,11,13H,8-10H2,1-2H3,(H,15,18). The second-order valence-corrected chi connectivity index (χ2v) is 5.17. The summed E-state index contributed by atoms with van der Waals surface area (Å²) in [6, 6.07) is 10.0. The third-order valence-corrected chi connectivity index (χ3v) is 3.86. The van der Waals surface area contributed by atoms with Gasteiger partial charge in [-0.2, -0.15) is 0 Å². The molecule has 1 aliphatic heterocycles. The Hall–Kier alpha value is -1.13. The summed E-state index contributed by atoms with van der Waals surface area (Å²) in [4.78, 5) is 2.19. The fourth-order valence-electron chi connectivity index (χ4n) is 2.25. The lowest BCUT2D eigenvalue weighted by Crippen LogP contribution is -2.48. The normalized spacial score (nSPS) is 23.8. The number of likely N-dealkylation sites (tertiary alicyclic amines) is 1. The number of rotatable bonds is 2. The molecule has 2 unspecified atom stereocenters. The average molecular weight is 264 g/mol. The van der Waals surface area contributed by atoms with Gasteiger partial charge in [0.2, 0.25) is 0 Å². The predicted octanol–water partition coefficient (Wildman–Crippen LogP) is 2.74. The Morgan fingerprint density at radius 3 is 2.78 bits per heavy atom. The van der Waals surface area contributed by atoms with E-state index >= 15 is 0 Å². The molecule has 0 aliphatic carbocycles. The summed E-state index contributed by atoms with van der Waals surface area (Å²) in [5, 5.41) is 4.06. The fourth-order valence-corrected chi connectivity index (χ4v) is 2.53. The summed E-state index contributed by atoms with van der Waals surface area (Å²) in [6.07, 6.45) is 1.39. The van der Waals surface area contributed by atoms with Gasteiger partial charge in [0.05, 0.1) is 6.10 Å². The van der Waals surface area contributed by atoms with E-state index in [2.05, 4.69) is 17.1 Å². The van der Waals surface area contributed by atoms with Crippen LogP contribution in [-0.2, 0) is 4.74 Å². The van der Waals surface area contributed by atoms with Crippen molar-refractivity contribution in [2.24, 2.45) is 5.92 Å². The molecular formula is C14H20N2OS. The first-order valence-electron chi connectivity index (χ1n) is 6.34. The molecule has 1 aliphatic rings. The number of nitrogens with zero attached hydrogens (tertiary/aromatic N) is 1. The molecule has 1 aromatic carbocycles. The van der Waals surface area contributed by atoms with Crippen LogP contribution in [0.25, 0.3) is 0 Å². The number of methoxy groups -OCH3 is 1. The number of piperidine rings is 1. The molecule has 1 aromatic rings. The van der Waals surface area contributed by atoms with Crippen LogP contribution in [-0.4, -0.2) is 36.3 Å². The van der Waals surface area contributed by atoms with Gasteiger partial charge in [-0.1, -0.05) is 25.1 Å². The number of nitrogens with one attached hydrogen (secondary N) is 1. The molecular weight excluding hydrogens is 244 g/mol. The van der Waals surface area contributed by atoms with E-state index in [0.717, 1.165) is 30.3 Å². The molecule has 2 rings (SSSR count). The van der Waals surface area contributed by atoms with Gasteiger partial charge in [0.15, 0.2) is 5.11 Å². The van der Waals surface area contributed by atoms with Crippen molar-refractivity contribution in [3.8, 4) is 0 Å². The first-order valence-corrected chi connectivity index (χ1v) is 6.75. The van der Waals surface area contributed by atoms with Crippen LogP contribution < -0.4 is 5.32 Å². The highest BCUT2D eigenvalue weighted by molar-refractivity contribution is 7.80. The van der Waals surface area contributed by atoms with E-state index in [4.69, 9.17) is 17.0 Å². The van der Waals surface area contributed by atoms with Gasteiger partial charge in [-0.15, -0.1) is 0 Å². The lowest BCUT2D eigenvalue weighted by Gasteiger charge is -2.37. The first kappa shape index (κ1) is 13.3. The molecule has 0 amide bonds. The number of ether oxygens (including phenoxy) is 1. The second kappa shape index (κ2) is 6.16. The third-order valence-electron chi connectivity index (χ3n) is 3.50. The minimum atomic E-state index is 0.272. The maximum atomic E-state index is 5.50. The molecule has 1 heterocycles. The molecule has 3 nitrogen and oxygen atoms in total. The lowest BCUT2D eigenvalue weighted by molar-refractivity contribution is 0.0155. The van der Waals surface area contributed by atoms with Crippen molar-refractivity contribution >= 4 is 23.0 Å². The topological polar surface area (TPSA) is 24.5 Å². The molecule has 1 N–H and O–H groups in total. The second-order valence-electron chi connectivity index (χ2n) is 4.78. The van der Waals surface area contributed by atoms with Crippen molar-refractivity contribution < 1.29 is 4.74 Å². The van der Waals surface area contributed by atoms with Gasteiger partial charge in [-0.25, -0.2) is 0 Å². The molecule has 4 heteroatoms. The minimum Gasteiger partial charge on any atom is -0.379 e. The van der Waals surface area contributed by atoms with Crippen LogP contribution in [0.1, 0.15) is 13.3 Å². The molecule has 2 atom stereocenters. The van der Waals surface area contributed by atoms with Crippen LogP contribution in [0.5, 0.6) is 0 Å². The Labute approximate surface area is 114 Å². The fraction of sp³-hybridized carbons (Fsp3) is 0.500. The number of benzene rings is 1. The van der Waals surface area contributed by atoms with Crippen LogP contribution in [0.15, 0.2) is 30.3 Å². The molecule has 98 valence electrons. The Morgan fingerprint density at radius 2 is 2.11 bits per heavy atom. The molecule has 1 fully saturated rings. The maximum absolute atomic E-state index is 5.50. The highest BCUT2D eigenvalue weighted by atomic mass is 32.1. The minimum absolute atomic E-state index is 0.272. The molecule has 1 saturated heterocycles. The summed E-state index contributed by atoms with van der Waals surface area (Å²) >= 11 is 5.45. The first-order chi connectivity index (χ1) is 8.70. The van der Waals surface area contributed by atoms with Crippen molar-refractivity contribution in [2.75, 3.05) is 25.5 Å². The van der Waals surface area contributed by atoms with E-state index in [9.17, 15) is 0 Å². The van der Waals surface area contributed by atoms with E-state index in [1.54, 1.807) is 7.11 Å². The zero-order chi connectivity index (χ0) is 13.0. The van der Waals surface area contributed by atoms with Gasteiger partial charge >= 0.3 is 0 Å². The quantitative estimate of drug-likeness (QED) is 0.830. The highest BCUT2D eigenvalue weighted by Crippen LogP contribution is 2.20. The number of thiocarbonyl (C=S) groups is 1.